The van der Waals surface area contributed by atoms with Gasteiger partial charge in [0.1, 0.15) is 30.0 Å². The number of ether oxygens (including phenoxy) is 3. The van der Waals surface area contributed by atoms with Crippen molar-refractivity contribution in [1.82, 2.24) is 0 Å². The zero-order chi connectivity index (χ0) is 21.4. The van der Waals surface area contributed by atoms with Crippen LogP contribution in [0.4, 0.5) is 0 Å². The van der Waals surface area contributed by atoms with E-state index in [4.69, 9.17) is 14.2 Å². The highest BCUT2D eigenvalue weighted by atomic mass is 16.5. The van der Waals surface area contributed by atoms with Gasteiger partial charge in [-0.1, -0.05) is 42.5 Å². The number of hydrogen-bond acceptors (Lipinski definition) is 4. The fraction of sp³-hybridized carbons (Fsp3) is 0.148. The van der Waals surface area contributed by atoms with Crippen molar-refractivity contribution in [2.45, 2.75) is 26.6 Å². The van der Waals surface area contributed by atoms with Crippen molar-refractivity contribution in [2.75, 3.05) is 0 Å². The minimum Gasteiger partial charge on any atom is -0.489 e. The van der Waals surface area contributed by atoms with Gasteiger partial charge in [-0.15, -0.1) is 0 Å². The smallest absolute Gasteiger partial charge is 0.231 e. The van der Waals surface area contributed by atoms with Gasteiger partial charge in [0.25, 0.3) is 0 Å². The highest BCUT2D eigenvalue weighted by molar-refractivity contribution is 6.12. The van der Waals surface area contributed by atoms with E-state index in [1.165, 1.54) is 5.56 Å². The standard InChI is InChI=1S/C27H22O4/c1-17-7-3-4-9-20(17)16-29-22-11-12-23-25(15-22)31-26(27(23)28)14-21-13-19-8-5-6-10-24(19)30-18(21)2/h3-15,18H,16H2,1-2H3/t18-/m1/s1. The van der Waals surface area contributed by atoms with E-state index in [0.717, 1.165) is 22.4 Å². The highest BCUT2D eigenvalue weighted by Crippen LogP contribution is 2.36. The molecule has 4 nitrogen and oxygen atoms in total. The van der Waals surface area contributed by atoms with Gasteiger partial charge in [-0.25, -0.2) is 0 Å². The molecule has 0 spiro atoms. The number of Topliss-reactive ketones (excluding diaryl/α,β-unsaturated/α-hetero) is 1. The fourth-order valence-corrected chi connectivity index (χ4v) is 3.76. The summed E-state index contributed by atoms with van der Waals surface area (Å²) in [5, 5.41) is 0. The Hall–Kier alpha value is -3.79. The molecule has 1 atom stereocenters. The molecule has 154 valence electrons. The predicted octanol–water partition coefficient (Wildman–Crippen LogP) is 5.90. The Morgan fingerprint density at radius 1 is 1.00 bits per heavy atom. The third-order valence-electron chi connectivity index (χ3n) is 5.61. The number of allylic oxidation sites excluding steroid dienone is 1. The van der Waals surface area contributed by atoms with Crippen LogP contribution in [0.25, 0.3) is 6.08 Å². The van der Waals surface area contributed by atoms with Crippen LogP contribution in [0.2, 0.25) is 0 Å². The lowest BCUT2D eigenvalue weighted by molar-refractivity contribution is 0.101. The van der Waals surface area contributed by atoms with E-state index in [1.807, 2.05) is 61.5 Å². The summed E-state index contributed by atoms with van der Waals surface area (Å²) >= 11 is 0. The summed E-state index contributed by atoms with van der Waals surface area (Å²) in [4.78, 5) is 12.9. The van der Waals surface area contributed by atoms with Crippen LogP contribution in [0.5, 0.6) is 17.2 Å². The quantitative estimate of drug-likeness (QED) is 0.503. The van der Waals surface area contributed by atoms with Crippen LogP contribution in [-0.4, -0.2) is 11.9 Å². The van der Waals surface area contributed by atoms with Gasteiger partial charge in [0, 0.05) is 11.6 Å². The minimum absolute atomic E-state index is 0.132. The van der Waals surface area contributed by atoms with E-state index in [-0.39, 0.29) is 11.9 Å². The molecule has 5 rings (SSSR count). The zero-order valence-corrected chi connectivity index (χ0v) is 17.4. The molecule has 3 aromatic rings. The van der Waals surface area contributed by atoms with Gasteiger partial charge >= 0.3 is 0 Å². The maximum atomic E-state index is 12.9. The first-order valence-electron chi connectivity index (χ1n) is 10.3. The van der Waals surface area contributed by atoms with Crippen LogP contribution < -0.4 is 14.2 Å². The number of rotatable bonds is 4. The molecule has 0 saturated heterocycles. The molecule has 2 heterocycles. The Morgan fingerprint density at radius 2 is 1.81 bits per heavy atom. The van der Waals surface area contributed by atoms with E-state index < -0.39 is 0 Å². The number of aryl methyl sites for hydroxylation is 1. The summed E-state index contributed by atoms with van der Waals surface area (Å²) in [5.74, 6) is 2.19. The lowest BCUT2D eigenvalue weighted by atomic mass is 10.0. The van der Waals surface area contributed by atoms with Crippen molar-refractivity contribution < 1.29 is 19.0 Å². The number of carbonyl (C=O) groups is 1. The average molecular weight is 410 g/mol. The summed E-state index contributed by atoms with van der Waals surface area (Å²) in [5.41, 5.74) is 4.73. The number of benzene rings is 3. The maximum absolute atomic E-state index is 12.9. The first kappa shape index (κ1) is 19.2. The van der Waals surface area contributed by atoms with Crippen molar-refractivity contribution in [3.8, 4) is 17.2 Å². The highest BCUT2D eigenvalue weighted by Gasteiger charge is 2.29. The first-order chi connectivity index (χ1) is 15.1. The summed E-state index contributed by atoms with van der Waals surface area (Å²) in [6, 6.07) is 21.3. The Morgan fingerprint density at radius 3 is 2.68 bits per heavy atom. The molecule has 0 radical (unpaired) electrons. The molecule has 0 aromatic heterocycles. The molecule has 0 amide bonds. The van der Waals surface area contributed by atoms with Crippen molar-refractivity contribution in [1.29, 1.82) is 0 Å². The molecule has 2 aliphatic heterocycles. The second-order valence-electron chi connectivity index (χ2n) is 7.76. The number of carbonyl (C=O) groups excluding carboxylic acids is 1. The Kier molecular flexibility index (Phi) is 4.83. The number of fused-ring (bicyclic) bond motifs is 2. The van der Waals surface area contributed by atoms with Crippen LogP contribution in [0.1, 0.15) is 34.0 Å². The van der Waals surface area contributed by atoms with E-state index in [9.17, 15) is 4.79 Å². The van der Waals surface area contributed by atoms with Crippen molar-refractivity contribution in [3.63, 3.8) is 0 Å². The van der Waals surface area contributed by atoms with E-state index in [1.54, 1.807) is 18.2 Å². The Bertz CT molecular complexity index is 1240. The number of para-hydroxylation sites is 1. The molecule has 0 fully saturated rings. The molecule has 4 heteroatoms. The summed E-state index contributed by atoms with van der Waals surface area (Å²) in [7, 11) is 0. The SMILES string of the molecule is Cc1ccccc1COc1ccc2c(c1)OC(=CC1=Cc3ccccc3O[C@@H]1C)C2=O. The molecule has 31 heavy (non-hydrogen) atoms. The van der Waals surface area contributed by atoms with Crippen LogP contribution in [0, 0.1) is 6.92 Å². The van der Waals surface area contributed by atoms with Gasteiger partial charge in [-0.3, -0.25) is 4.79 Å². The normalized spacial score (nSPS) is 18.0. The molecule has 0 N–H and O–H groups in total. The maximum Gasteiger partial charge on any atom is 0.231 e. The topological polar surface area (TPSA) is 44.8 Å². The Labute approximate surface area is 181 Å². The molecule has 0 unspecified atom stereocenters. The summed E-state index contributed by atoms with van der Waals surface area (Å²) in [6.45, 7) is 4.48. The van der Waals surface area contributed by atoms with Gasteiger partial charge in [-0.2, -0.15) is 0 Å². The number of hydrogen-bond donors (Lipinski definition) is 0. The summed E-state index contributed by atoms with van der Waals surface area (Å²) in [6.07, 6.45) is 3.64. The van der Waals surface area contributed by atoms with Crippen LogP contribution in [0.15, 0.2) is 84.1 Å². The van der Waals surface area contributed by atoms with E-state index >= 15 is 0 Å². The van der Waals surface area contributed by atoms with Gasteiger partial charge in [-0.05, 0) is 60.9 Å². The van der Waals surface area contributed by atoms with Gasteiger partial charge in [0.2, 0.25) is 5.78 Å². The van der Waals surface area contributed by atoms with Crippen LogP contribution in [-0.2, 0) is 6.61 Å². The molecule has 0 bridgehead atoms. The lowest BCUT2D eigenvalue weighted by Gasteiger charge is -2.22. The van der Waals surface area contributed by atoms with Crippen molar-refractivity contribution >= 4 is 11.9 Å². The van der Waals surface area contributed by atoms with Gasteiger partial charge < -0.3 is 14.2 Å². The average Bonchev–Trinajstić information content (AvgIpc) is 3.08. The van der Waals surface area contributed by atoms with E-state index in [2.05, 4.69) is 13.0 Å². The first-order valence-corrected chi connectivity index (χ1v) is 10.3. The Balaban J connectivity index is 1.36. The summed E-state index contributed by atoms with van der Waals surface area (Å²) < 4.78 is 17.8. The molecule has 3 aromatic carbocycles. The molecule has 0 aliphatic carbocycles. The monoisotopic (exact) mass is 410 g/mol. The largest absolute Gasteiger partial charge is 0.489 e. The van der Waals surface area contributed by atoms with Crippen LogP contribution in [0.3, 0.4) is 0 Å². The lowest BCUT2D eigenvalue weighted by Crippen LogP contribution is -2.18. The van der Waals surface area contributed by atoms with Gasteiger partial charge in [0.05, 0.1) is 5.56 Å². The zero-order valence-electron chi connectivity index (χ0n) is 17.4. The second-order valence-corrected chi connectivity index (χ2v) is 7.76. The molecular weight excluding hydrogens is 388 g/mol. The molecule has 0 saturated carbocycles. The minimum atomic E-state index is -0.171. The van der Waals surface area contributed by atoms with Crippen molar-refractivity contribution in [2.24, 2.45) is 0 Å². The predicted molar refractivity (Wildman–Crippen MR) is 120 cm³/mol. The third kappa shape index (κ3) is 3.73. The molecule has 2 aliphatic rings. The number of ketones is 1. The van der Waals surface area contributed by atoms with Crippen LogP contribution >= 0.6 is 0 Å². The third-order valence-corrected chi connectivity index (χ3v) is 5.61. The van der Waals surface area contributed by atoms with Crippen molar-refractivity contribution in [3.05, 3.63) is 106 Å². The fourth-order valence-electron chi connectivity index (χ4n) is 3.76. The second kappa shape index (κ2) is 7.80. The molecular formula is C27H22O4. The van der Waals surface area contributed by atoms with Gasteiger partial charge in [0.15, 0.2) is 5.76 Å². The van der Waals surface area contributed by atoms with E-state index in [0.29, 0.717) is 29.4 Å².